The SMILES string of the molecule is CSc1ccc(Cl)cc1NC(=O)N(C)C[C@H](O)C(F)(F)F. The second kappa shape index (κ2) is 7.24. The summed E-state index contributed by atoms with van der Waals surface area (Å²) in [6.45, 7) is -0.857. The molecule has 0 saturated carbocycles. The number of urea groups is 1. The monoisotopic (exact) mass is 342 g/mol. The second-order valence-electron chi connectivity index (χ2n) is 4.21. The molecule has 21 heavy (non-hydrogen) atoms. The van der Waals surface area contributed by atoms with E-state index in [-0.39, 0.29) is 0 Å². The number of nitrogens with zero attached hydrogens (tertiary/aromatic N) is 1. The van der Waals surface area contributed by atoms with E-state index in [0.29, 0.717) is 10.7 Å². The number of anilines is 1. The number of likely N-dealkylation sites (N-methyl/N-ethyl adjacent to an activating group) is 1. The van der Waals surface area contributed by atoms with E-state index in [2.05, 4.69) is 5.32 Å². The van der Waals surface area contributed by atoms with Crippen molar-refractivity contribution in [1.82, 2.24) is 4.90 Å². The lowest BCUT2D eigenvalue weighted by atomic mass is 10.3. The van der Waals surface area contributed by atoms with Gasteiger partial charge in [-0.2, -0.15) is 13.2 Å². The van der Waals surface area contributed by atoms with Crippen molar-refractivity contribution in [1.29, 1.82) is 0 Å². The lowest BCUT2D eigenvalue weighted by Gasteiger charge is -2.23. The van der Waals surface area contributed by atoms with Crippen LogP contribution in [0, 0.1) is 0 Å². The summed E-state index contributed by atoms with van der Waals surface area (Å²) < 4.78 is 36.7. The molecule has 0 bridgehead atoms. The number of benzene rings is 1. The van der Waals surface area contributed by atoms with Gasteiger partial charge in [0.1, 0.15) is 0 Å². The zero-order chi connectivity index (χ0) is 16.2. The first-order chi connectivity index (χ1) is 9.65. The van der Waals surface area contributed by atoms with Crippen molar-refractivity contribution in [2.75, 3.05) is 25.2 Å². The fourth-order valence-corrected chi connectivity index (χ4v) is 2.14. The fraction of sp³-hybridized carbons (Fsp3) is 0.417. The van der Waals surface area contributed by atoms with Crippen LogP contribution < -0.4 is 5.32 Å². The summed E-state index contributed by atoms with van der Waals surface area (Å²) in [5.74, 6) is 0. The largest absolute Gasteiger partial charge is 0.416 e. The normalized spacial score (nSPS) is 12.9. The summed E-state index contributed by atoms with van der Waals surface area (Å²) in [6.07, 6.45) is -5.57. The Balaban J connectivity index is 2.75. The van der Waals surface area contributed by atoms with Gasteiger partial charge in [0.05, 0.1) is 12.2 Å². The number of carbonyl (C=O) groups excluding carboxylic acids is 1. The van der Waals surface area contributed by atoms with Gasteiger partial charge in [0, 0.05) is 17.0 Å². The average Bonchev–Trinajstić information content (AvgIpc) is 2.37. The second-order valence-corrected chi connectivity index (χ2v) is 5.50. The van der Waals surface area contributed by atoms with E-state index in [1.54, 1.807) is 18.4 Å². The van der Waals surface area contributed by atoms with Gasteiger partial charge in [-0.25, -0.2) is 4.79 Å². The molecule has 2 N–H and O–H groups in total. The van der Waals surface area contributed by atoms with Crippen LogP contribution in [0.2, 0.25) is 5.02 Å². The lowest BCUT2D eigenvalue weighted by Crippen LogP contribution is -2.43. The molecule has 0 fully saturated rings. The van der Waals surface area contributed by atoms with E-state index in [0.717, 1.165) is 16.8 Å². The van der Waals surface area contributed by atoms with Crippen molar-refractivity contribution in [2.45, 2.75) is 17.2 Å². The number of alkyl halides is 3. The Labute approximate surface area is 129 Å². The van der Waals surface area contributed by atoms with Crippen molar-refractivity contribution in [3.8, 4) is 0 Å². The van der Waals surface area contributed by atoms with Crippen LogP contribution in [0.15, 0.2) is 23.1 Å². The van der Waals surface area contributed by atoms with E-state index in [1.165, 1.54) is 17.8 Å². The molecule has 1 atom stereocenters. The topological polar surface area (TPSA) is 52.6 Å². The highest BCUT2D eigenvalue weighted by Crippen LogP contribution is 2.28. The van der Waals surface area contributed by atoms with E-state index in [4.69, 9.17) is 16.7 Å². The lowest BCUT2D eigenvalue weighted by molar-refractivity contribution is -0.205. The number of nitrogens with one attached hydrogen (secondary N) is 1. The maximum atomic E-state index is 12.2. The molecule has 0 unspecified atom stereocenters. The Bertz CT molecular complexity index is 514. The molecule has 0 aromatic heterocycles. The minimum absolute atomic E-state index is 0.390. The van der Waals surface area contributed by atoms with Crippen LogP contribution >= 0.6 is 23.4 Å². The first-order valence-corrected chi connectivity index (χ1v) is 7.36. The molecule has 2 amide bonds. The number of thioether (sulfide) groups is 1. The van der Waals surface area contributed by atoms with E-state index in [1.807, 2.05) is 0 Å². The van der Waals surface area contributed by atoms with Crippen molar-refractivity contribution in [2.24, 2.45) is 0 Å². The average molecular weight is 343 g/mol. The molecule has 0 aliphatic rings. The summed E-state index contributed by atoms with van der Waals surface area (Å²) in [6, 6.07) is 4.06. The van der Waals surface area contributed by atoms with Crippen LogP contribution in [0.5, 0.6) is 0 Å². The standard InChI is InChI=1S/C12H14ClF3N2O2S/c1-18(6-10(19)12(14,15)16)11(20)17-8-5-7(13)3-4-9(8)21-2/h3-5,10,19H,6H2,1-2H3,(H,17,20)/t10-/m0/s1. The molecule has 0 aliphatic carbocycles. The first-order valence-electron chi connectivity index (χ1n) is 5.75. The van der Waals surface area contributed by atoms with Gasteiger partial charge >= 0.3 is 12.2 Å². The number of hydrogen-bond donors (Lipinski definition) is 2. The zero-order valence-corrected chi connectivity index (χ0v) is 12.8. The van der Waals surface area contributed by atoms with E-state index in [9.17, 15) is 18.0 Å². The van der Waals surface area contributed by atoms with Crippen LogP contribution in [0.3, 0.4) is 0 Å². The highest BCUT2D eigenvalue weighted by atomic mass is 35.5. The minimum Gasteiger partial charge on any atom is -0.382 e. The van der Waals surface area contributed by atoms with Crippen molar-refractivity contribution >= 4 is 35.1 Å². The molecule has 0 heterocycles. The van der Waals surface area contributed by atoms with Crippen LogP contribution in [0.4, 0.5) is 23.7 Å². The maximum absolute atomic E-state index is 12.2. The summed E-state index contributed by atoms with van der Waals surface area (Å²) in [7, 11) is 1.16. The molecule has 1 aromatic carbocycles. The van der Waals surface area contributed by atoms with Crippen molar-refractivity contribution < 1.29 is 23.1 Å². The Morgan fingerprint density at radius 1 is 1.52 bits per heavy atom. The highest BCUT2D eigenvalue weighted by Gasteiger charge is 2.39. The van der Waals surface area contributed by atoms with Gasteiger partial charge in [0.15, 0.2) is 6.10 Å². The predicted molar refractivity (Wildman–Crippen MR) is 76.9 cm³/mol. The molecule has 9 heteroatoms. The Kier molecular flexibility index (Phi) is 6.18. The highest BCUT2D eigenvalue weighted by molar-refractivity contribution is 7.98. The smallest absolute Gasteiger partial charge is 0.382 e. The molecular formula is C12H14ClF3N2O2S. The van der Waals surface area contributed by atoms with Gasteiger partial charge in [-0.3, -0.25) is 0 Å². The van der Waals surface area contributed by atoms with Crippen LogP contribution in [0.1, 0.15) is 0 Å². The number of rotatable bonds is 4. The third-order valence-electron chi connectivity index (χ3n) is 2.57. The number of hydrogen-bond acceptors (Lipinski definition) is 3. The third-order valence-corrected chi connectivity index (χ3v) is 3.61. The molecule has 0 saturated heterocycles. The Hall–Kier alpha value is -1.12. The number of aliphatic hydroxyl groups is 1. The van der Waals surface area contributed by atoms with Crippen molar-refractivity contribution in [3.05, 3.63) is 23.2 Å². The van der Waals surface area contributed by atoms with Gasteiger partial charge in [-0.05, 0) is 24.5 Å². The van der Waals surface area contributed by atoms with Crippen molar-refractivity contribution in [3.63, 3.8) is 0 Å². The third kappa shape index (κ3) is 5.29. The molecule has 0 spiro atoms. The number of carbonyl (C=O) groups is 1. The first kappa shape index (κ1) is 17.9. The predicted octanol–water partition coefficient (Wildman–Crippen LogP) is 3.45. The van der Waals surface area contributed by atoms with Gasteiger partial charge in [0.2, 0.25) is 0 Å². The molecule has 0 aliphatic heterocycles. The Morgan fingerprint density at radius 2 is 2.14 bits per heavy atom. The summed E-state index contributed by atoms with van der Waals surface area (Å²) >= 11 is 7.17. The van der Waals surface area contributed by atoms with Crippen LogP contribution in [-0.4, -0.2) is 48.2 Å². The number of aliphatic hydroxyl groups excluding tert-OH is 1. The summed E-state index contributed by atoms with van der Waals surface area (Å²) in [5.41, 5.74) is 0.397. The number of amides is 2. The number of halogens is 4. The fourth-order valence-electron chi connectivity index (χ4n) is 1.43. The van der Waals surface area contributed by atoms with Crippen LogP contribution in [-0.2, 0) is 0 Å². The van der Waals surface area contributed by atoms with Gasteiger partial charge in [-0.15, -0.1) is 11.8 Å². The van der Waals surface area contributed by atoms with E-state index >= 15 is 0 Å². The van der Waals surface area contributed by atoms with Gasteiger partial charge in [-0.1, -0.05) is 11.6 Å². The minimum atomic E-state index is -4.77. The van der Waals surface area contributed by atoms with Crippen LogP contribution in [0.25, 0.3) is 0 Å². The molecular weight excluding hydrogens is 329 g/mol. The molecule has 0 radical (unpaired) electrons. The summed E-state index contributed by atoms with van der Waals surface area (Å²) in [5, 5.41) is 11.8. The molecule has 4 nitrogen and oxygen atoms in total. The van der Waals surface area contributed by atoms with Gasteiger partial charge in [0.25, 0.3) is 0 Å². The quantitative estimate of drug-likeness (QED) is 0.824. The maximum Gasteiger partial charge on any atom is 0.416 e. The van der Waals surface area contributed by atoms with E-state index < -0.39 is 24.9 Å². The summed E-state index contributed by atoms with van der Waals surface area (Å²) in [4.78, 5) is 13.3. The molecule has 1 rings (SSSR count). The van der Waals surface area contributed by atoms with Gasteiger partial charge < -0.3 is 15.3 Å². The zero-order valence-electron chi connectivity index (χ0n) is 11.2. The molecule has 118 valence electrons. The molecule has 1 aromatic rings. The Morgan fingerprint density at radius 3 is 2.67 bits per heavy atom.